The summed E-state index contributed by atoms with van der Waals surface area (Å²) in [5, 5.41) is 3.68. The zero-order chi connectivity index (χ0) is 15.2. The summed E-state index contributed by atoms with van der Waals surface area (Å²) >= 11 is 5.85. The highest BCUT2D eigenvalue weighted by Gasteiger charge is 2.09. The fraction of sp³-hybridized carbons (Fsp3) is 0.235. The van der Waals surface area contributed by atoms with E-state index in [0.717, 1.165) is 16.8 Å². The molecule has 110 valence electrons. The second-order valence-corrected chi connectivity index (χ2v) is 5.52. The van der Waals surface area contributed by atoms with Crippen LogP contribution in [-0.2, 0) is 11.2 Å². The van der Waals surface area contributed by atoms with Crippen LogP contribution in [0.3, 0.4) is 0 Å². The van der Waals surface area contributed by atoms with Gasteiger partial charge in [-0.25, -0.2) is 0 Å². The molecular weight excluding hydrogens is 284 g/mol. The van der Waals surface area contributed by atoms with Gasteiger partial charge in [0.05, 0.1) is 6.04 Å². The SMILES string of the molecule is C[C@H](NC(=O)CCc1cccc(N)c1)c1ccc(Cl)cc1. The molecule has 0 saturated heterocycles. The van der Waals surface area contributed by atoms with E-state index in [-0.39, 0.29) is 11.9 Å². The van der Waals surface area contributed by atoms with Crippen LogP contribution in [0.15, 0.2) is 48.5 Å². The Morgan fingerprint density at radius 2 is 1.95 bits per heavy atom. The molecule has 0 aliphatic rings. The van der Waals surface area contributed by atoms with Crippen LogP contribution in [0, 0.1) is 0 Å². The lowest BCUT2D eigenvalue weighted by Crippen LogP contribution is -2.26. The Hall–Kier alpha value is -2.00. The molecule has 0 saturated carbocycles. The number of carbonyl (C=O) groups is 1. The number of anilines is 1. The molecule has 0 spiro atoms. The van der Waals surface area contributed by atoms with Crippen molar-refractivity contribution >= 4 is 23.2 Å². The predicted molar refractivity (Wildman–Crippen MR) is 87.2 cm³/mol. The van der Waals surface area contributed by atoms with Crippen molar-refractivity contribution in [1.82, 2.24) is 5.32 Å². The zero-order valence-electron chi connectivity index (χ0n) is 12.0. The summed E-state index contributed by atoms with van der Waals surface area (Å²) in [6.45, 7) is 1.96. The molecule has 0 fully saturated rings. The first-order chi connectivity index (χ1) is 10.0. The molecule has 1 amide bonds. The fourth-order valence-electron chi connectivity index (χ4n) is 2.15. The summed E-state index contributed by atoms with van der Waals surface area (Å²) in [5.41, 5.74) is 8.56. The second-order valence-electron chi connectivity index (χ2n) is 5.09. The van der Waals surface area contributed by atoms with Gasteiger partial charge in [0.25, 0.3) is 0 Å². The van der Waals surface area contributed by atoms with E-state index in [1.807, 2.05) is 55.5 Å². The van der Waals surface area contributed by atoms with Gasteiger partial charge in [-0.3, -0.25) is 4.79 Å². The first kappa shape index (κ1) is 15.4. The maximum Gasteiger partial charge on any atom is 0.220 e. The van der Waals surface area contributed by atoms with Crippen LogP contribution in [0.1, 0.15) is 30.5 Å². The molecule has 3 nitrogen and oxygen atoms in total. The molecule has 0 radical (unpaired) electrons. The topological polar surface area (TPSA) is 55.1 Å². The van der Waals surface area contributed by atoms with Crippen LogP contribution in [0.25, 0.3) is 0 Å². The normalized spacial score (nSPS) is 11.9. The quantitative estimate of drug-likeness (QED) is 0.827. The van der Waals surface area contributed by atoms with Gasteiger partial charge in [0, 0.05) is 17.1 Å². The third-order valence-corrected chi connectivity index (χ3v) is 3.59. The van der Waals surface area contributed by atoms with Crippen molar-refractivity contribution in [2.24, 2.45) is 0 Å². The Morgan fingerprint density at radius 1 is 1.24 bits per heavy atom. The van der Waals surface area contributed by atoms with Crippen LogP contribution in [-0.4, -0.2) is 5.91 Å². The Morgan fingerprint density at radius 3 is 2.62 bits per heavy atom. The summed E-state index contributed by atoms with van der Waals surface area (Å²) in [4.78, 5) is 12.0. The maximum absolute atomic E-state index is 12.0. The third kappa shape index (κ3) is 4.80. The lowest BCUT2D eigenvalue weighted by Gasteiger charge is -2.14. The number of amides is 1. The first-order valence-electron chi connectivity index (χ1n) is 6.94. The van der Waals surface area contributed by atoms with Crippen molar-refractivity contribution in [1.29, 1.82) is 0 Å². The highest BCUT2D eigenvalue weighted by molar-refractivity contribution is 6.30. The molecule has 3 N–H and O–H groups in total. The Labute approximate surface area is 130 Å². The van der Waals surface area contributed by atoms with E-state index in [4.69, 9.17) is 17.3 Å². The fourth-order valence-corrected chi connectivity index (χ4v) is 2.28. The van der Waals surface area contributed by atoms with Crippen LogP contribution in [0.5, 0.6) is 0 Å². The molecule has 21 heavy (non-hydrogen) atoms. The van der Waals surface area contributed by atoms with Crippen molar-refractivity contribution in [3.63, 3.8) is 0 Å². The summed E-state index contributed by atoms with van der Waals surface area (Å²) in [6.07, 6.45) is 1.13. The zero-order valence-corrected chi connectivity index (χ0v) is 12.7. The van der Waals surface area contributed by atoms with Gasteiger partial charge in [0.2, 0.25) is 5.91 Å². The number of hydrogen-bond donors (Lipinski definition) is 2. The molecule has 0 bridgehead atoms. The minimum absolute atomic E-state index is 0.0277. The number of halogens is 1. The van der Waals surface area contributed by atoms with Gasteiger partial charge in [0.15, 0.2) is 0 Å². The number of nitrogens with two attached hydrogens (primary N) is 1. The molecule has 0 aliphatic heterocycles. The maximum atomic E-state index is 12.0. The van der Waals surface area contributed by atoms with Crippen LogP contribution in [0.2, 0.25) is 5.02 Å². The number of carbonyl (C=O) groups excluding carboxylic acids is 1. The Balaban J connectivity index is 1.85. The van der Waals surface area contributed by atoms with Gasteiger partial charge in [-0.05, 0) is 48.7 Å². The Kier molecular flexibility index (Phi) is 5.23. The van der Waals surface area contributed by atoms with E-state index in [9.17, 15) is 4.79 Å². The number of nitrogen functional groups attached to an aromatic ring is 1. The molecule has 1 atom stereocenters. The van der Waals surface area contributed by atoms with Crippen molar-refractivity contribution in [3.8, 4) is 0 Å². The Bertz CT molecular complexity index is 610. The molecule has 4 heteroatoms. The molecule has 0 aliphatic carbocycles. The molecule has 0 heterocycles. The van der Waals surface area contributed by atoms with Gasteiger partial charge in [-0.2, -0.15) is 0 Å². The van der Waals surface area contributed by atoms with Crippen molar-refractivity contribution in [2.75, 3.05) is 5.73 Å². The average molecular weight is 303 g/mol. The highest BCUT2D eigenvalue weighted by atomic mass is 35.5. The molecule has 0 unspecified atom stereocenters. The summed E-state index contributed by atoms with van der Waals surface area (Å²) in [5.74, 6) is 0.0277. The first-order valence-corrected chi connectivity index (χ1v) is 7.31. The van der Waals surface area contributed by atoms with Gasteiger partial charge in [0.1, 0.15) is 0 Å². The predicted octanol–water partition coefficient (Wildman–Crippen LogP) is 3.73. The largest absolute Gasteiger partial charge is 0.399 e. The minimum atomic E-state index is -0.0318. The molecule has 2 aromatic carbocycles. The molecule has 2 aromatic rings. The lowest BCUT2D eigenvalue weighted by atomic mass is 10.1. The number of rotatable bonds is 5. The monoisotopic (exact) mass is 302 g/mol. The van der Waals surface area contributed by atoms with Crippen LogP contribution in [0.4, 0.5) is 5.69 Å². The number of hydrogen-bond acceptors (Lipinski definition) is 2. The van der Waals surface area contributed by atoms with Crippen molar-refractivity contribution in [3.05, 3.63) is 64.7 Å². The van der Waals surface area contributed by atoms with Crippen molar-refractivity contribution < 1.29 is 4.79 Å². The van der Waals surface area contributed by atoms with E-state index in [1.54, 1.807) is 0 Å². The summed E-state index contributed by atoms with van der Waals surface area (Å²) in [7, 11) is 0. The lowest BCUT2D eigenvalue weighted by molar-refractivity contribution is -0.121. The standard InChI is InChI=1S/C17H19ClN2O/c1-12(14-6-8-15(18)9-7-14)20-17(21)10-5-13-3-2-4-16(19)11-13/h2-4,6-9,11-12H,5,10,19H2,1H3,(H,20,21)/t12-/m0/s1. The number of benzene rings is 2. The smallest absolute Gasteiger partial charge is 0.220 e. The molecular formula is C17H19ClN2O. The van der Waals surface area contributed by atoms with Crippen LogP contribution >= 0.6 is 11.6 Å². The summed E-state index contributed by atoms with van der Waals surface area (Å²) < 4.78 is 0. The summed E-state index contributed by atoms with van der Waals surface area (Å²) in [6, 6.07) is 15.1. The third-order valence-electron chi connectivity index (χ3n) is 3.34. The second kappa shape index (κ2) is 7.14. The van der Waals surface area contributed by atoms with Gasteiger partial charge in [-0.1, -0.05) is 35.9 Å². The minimum Gasteiger partial charge on any atom is -0.399 e. The van der Waals surface area contributed by atoms with E-state index in [0.29, 0.717) is 17.9 Å². The van der Waals surface area contributed by atoms with Gasteiger partial charge in [-0.15, -0.1) is 0 Å². The molecule has 2 rings (SSSR count). The van der Waals surface area contributed by atoms with E-state index in [2.05, 4.69) is 5.32 Å². The average Bonchev–Trinajstić information content (AvgIpc) is 2.46. The molecule has 0 aromatic heterocycles. The highest BCUT2D eigenvalue weighted by Crippen LogP contribution is 2.16. The van der Waals surface area contributed by atoms with Gasteiger partial charge >= 0.3 is 0 Å². The van der Waals surface area contributed by atoms with E-state index in [1.165, 1.54) is 0 Å². The van der Waals surface area contributed by atoms with Gasteiger partial charge < -0.3 is 11.1 Å². The van der Waals surface area contributed by atoms with E-state index >= 15 is 0 Å². The number of nitrogens with one attached hydrogen (secondary N) is 1. The van der Waals surface area contributed by atoms with Crippen molar-refractivity contribution in [2.45, 2.75) is 25.8 Å². The van der Waals surface area contributed by atoms with Crippen LogP contribution < -0.4 is 11.1 Å². The van der Waals surface area contributed by atoms with E-state index < -0.39 is 0 Å². The number of aryl methyl sites for hydroxylation is 1.